The molecule has 0 bridgehead atoms. The molecular formula is C5H5F3N2. The van der Waals surface area contributed by atoms with E-state index < -0.39 is 11.9 Å². The summed E-state index contributed by atoms with van der Waals surface area (Å²) in [5, 5.41) is 3.06. The highest BCUT2D eigenvalue weighted by Gasteiger charge is 2.35. The van der Waals surface area contributed by atoms with E-state index in [0.29, 0.717) is 0 Å². The van der Waals surface area contributed by atoms with Gasteiger partial charge in [0.2, 0.25) is 0 Å². The first-order valence-corrected chi connectivity index (χ1v) is 2.65. The van der Waals surface area contributed by atoms with Crippen molar-refractivity contribution in [1.29, 1.82) is 0 Å². The minimum absolute atomic E-state index is 0.142. The summed E-state index contributed by atoms with van der Waals surface area (Å²) in [5.74, 6) is 0. The van der Waals surface area contributed by atoms with E-state index in [4.69, 9.17) is 0 Å². The van der Waals surface area contributed by atoms with Crippen LogP contribution in [0, 0.1) is 0 Å². The highest BCUT2D eigenvalue weighted by molar-refractivity contribution is 5.91. The van der Waals surface area contributed by atoms with Gasteiger partial charge in [0.05, 0.1) is 0 Å². The summed E-state index contributed by atoms with van der Waals surface area (Å²) in [7, 11) is 0. The van der Waals surface area contributed by atoms with E-state index in [1.54, 1.807) is 0 Å². The van der Waals surface area contributed by atoms with Crippen LogP contribution in [0.4, 0.5) is 13.2 Å². The number of nitrogens with one attached hydrogen (secondary N) is 1. The molecule has 0 atom stereocenters. The zero-order valence-electron chi connectivity index (χ0n) is 4.94. The molecule has 0 saturated carbocycles. The van der Waals surface area contributed by atoms with E-state index in [1.165, 1.54) is 12.3 Å². The topological polar surface area (TPSA) is 24.4 Å². The number of nitrogens with zero attached hydrogens (tertiary/aromatic N) is 1. The van der Waals surface area contributed by atoms with Crippen LogP contribution in [0.15, 0.2) is 17.4 Å². The van der Waals surface area contributed by atoms with Crippen molar-refractivity contribution >= 4 is 5.71 Å². The second-order valence-electron chi connectivity index (χ2n) is 1.79. The third kappa shape index (κ3) is 1.49. The number of hydrazone groups is 1. The van der Waals surface area contributed by atoms with Gasteiger partial charge in [-0.05, 0) is 0 Å². The van der Waals surface area contributed by atoms with Gasteiger partial charge < -0.3 is 0 Å². The number of allylic oxidation sites excluding steroid dienone is 1. The van der Waals surface area contributed by atoms with Gasteiger partial charge in [-0.25, -0.2) is 0 Å². The Bertz CT molecular complexity index is 180. The van der Waals surface area contributed by atoms with Crippen molar-refractivity contribution in [3.05, 3.63) is 12.3 Å². The van der Waals surface area contributed by atoms with Crippen LogP contribution in [0.1, 0.15) is 6.42 Å². The number of alkyl halides is 3. The molecule has 0 fully saturated rings. The molecule has 10 heavy (non-hydrogen) atoms. The zero-order chi connectivity index (χ0) is 7.61. The molecule has 0 radical (unpaired) electrons. The number of hydrogen-bond acceptors (Lipinski definition) is 2. The van der Waals surface area contributed by atoms with Crippen molar-refractivity contribution in [3.63, 3.8) is 0 Å². The molecule has 0 amide bonds. The Morgan fingerprint density at radius 2 is 2.20 bits per heavy atom. The predicted octanol–water partition coefficient (Wildman–Crippen LogP) is 1.41. The first kappa shape index (κ1) is 7.11. The number of halogens is 3. The zero-order valence-corrected chi connectivity index (χ0v) is 4.94. The molecule has 0 aromatic heterocycles. The Kier molecular flexibility index (Phi) is 1.65. The fraction of sp³-hybridized carbons (Fsp3) is 0.400. The Morgan fingerprint density at radius 1 is 1.50 bits per heavy atom. The van der Waals surface area contributed by atoms with Crippen molar-refractivity contribution in [2.75, 3.05) is 0 Å². The second kappa shape index (κ2) is 2.32. The summed E-state index contributed by atoms with van der Waals surface area (Å²) in [6.45, 7) is 0. The highest BCUT2D eigenvalue weighted by Crippen LogP contribution is 2.20. The molecule has 1 rings (SSSR count). The van der Waals surface area contributed by atoms with Crippen LogP contribution in [0.2, 0.25) is 0 Å². The van der Waals surface area contributed by atoms with Crippen LogP contribution in [-0.2, 0) is 0 Å². The van der Waals surface area contributed by atoms with E-state index in [-0.39, 0.29) is 6.42 Å². The molecule has 0 spiro atoms. The van der Waals surface area contributed by atoms with Gasteiger partial charge >= 0.3 is 6.18 Å². The van der Waals surface area contributed by atoms with E-state index in [1.807, 2.05) is 0 Å². The fourth-order valence-corrected chi connectivity index (χ4v) is 0.563. The normalized spacial score (nSPS) is 18.1. The van der Waals surface area contributed by atoms with E-state index in [9.17, 15) is 13.2 Å². The summed E-state index contributed by atoms with van der Waals surface area (Å²) in [6.07, 6.45) is -1.70. The molecule has 1 aliphatic heterocycles. The Balaban J connectivity index is 2.65. The highest BCUT2D eigenvalue weighted by atomic mass is 19.4. The monoisotopic (exact) mass is 150 g/mol. The molecule has 5 heteroatoms. The number of hydrogen-bond donors (Lipinski definition) is 1. The van der Waals surface area contributed by atoms with Crippen molar-refractivity contribution < 1.29 is 13.2 Å². The van der Waals surface area contributed by atoms with Crippen molar-refractivity contribution in [2.45, 2.75) is 12.6 Å². The van der Waals surface area contributed by atoms with Crippen LogP contribution in [-0.4, -0.2) is 11.9 Å². The summed E-state index contributed by atoms with van der Waals surface area (Å²) >= 11 is 0. The standard InChI is InChI=1S/C5H5F3N2/c6-5(7,8)4-2-1-3-9-10-4/h1,3,9H,2H2. The lowest BCUT2D eigenvalue weighted by Crippen LogP contribution is -2.26. The van der Waals surface area contributed by atoms with E-state index in [2.05, 4.69) is 10.5 Å². The van der Waals surface area contributed by atoms with Crippen molar-refractivity contribution in [1.82, 2.24) is 5.43 Å². The van der Waals surface area contributed by atoms with Gasteiger partial charge in [0, 0.05) is 12.6 Å². The van der Waals surface area contributed by atoms with Gasteiger partial charge in [-0.3, -0.25) is 5.43 Å². The van der Waals surface area contributed by atoms with Crippen LogP contribution in [0.25, 0.3) is 0 Å². The van der Waals surface area contributed by atoms with E-state index in [0.717, 1.165) is 0 Å². The molecule has 0 aromatic carbocycles. The predicted molar refractivity (Wildman–Crippen MR) is 30.4 cm³/mol. The first-order valence-electron chi connectivity index (χ1n) is 2.65. The van der Waals surface area contributed by atoms with Crippen LogP contribution in [0.5, 0.6) is 0 Å². The van der Waals surface area contributed by atoms with E-state index >= 15 is 0 Å². The summed E-state index contributed by atoms with van der Waals surface area (Å²) < 4.78 is 35.2. The quantitative estimate of drug-likeness (QED) is 0.554. The molecule has 1 heterocycles. The Morgan fingerprint density at radius 3 is 2.50 bits per heavy atom. The van der Waals surface area contributed by atoms with Crippen LogP contribution < -0.4 is 5.43 Å². The van der Waals surface area contributed by atoms with Crippen LogP contribution in [0.3, 0.4) is 0 Å². The molecule has 56 valence electrons. The summed E-state index contributed by atoms with van der Waals surface area (Å²) in [5.41, 5.74) is 1.35. The lowest BCUT2D eigenvalue weighted by molar-refractivity contribution is -0.0604. The van der Waals surface area contributed by atoms with Gasteiger partial charge in [-0.1, -0.05) is 6.08 Å². The van der Waals surface area contributed by atoms with Crippen molar-refractivity contribution in [2.24, 2.45) is 5.10 Å². The fourth-order valence-electron chi connectivity index (χ4n) is 0.563. The average Bonchev–Trinajstić information content (AvgIpc) is 1.88. The molecule has 2 nitrogen and oxygen atoms in total. The average molecular weight is 150 g/mol. The second-order valence-corrected chi connectivity index (χ2v) is 1.79. The number of rotatable bonds is 0. The molecule has 0 aliphatic carbocycles. The molecular weight excluding hydrogens is 145 g/mol. The van der Waals surface area contributed by atoms with Crippen molar-refractivity contribution in [3.8, 4) is 0 Å². The van der Waals surface area contributed by atoms with Gasteiger partial charge in [0.25, 0.3) is 0 Å². The maximum absolute atomic E-state index is 11.7. The lowest BCUT2D eigenvalue weighted by Gasteiger charge is -2.10. The largest absolute Gasteiger partial charge is 0.431 e. The lowest BCUT2D eigenvalue weighted by atomic mass is 10.2. The molecule has 0 aromatic rings. The minimum Gasteiger partial charge on any atom is -0.286 e. The maximum atomic E-state index is 11.7. The SMILES string of the molecule is FC(F)(F)C1=NNC=CC1. The van der Waals surface area contributed by atoms with Gasteiger partial charge in [0.1, 0.15) is 5.71 Å². The molecule has 0 saturated heterocycles. The van der Waals surface area contributed by atoms with Gasteiger partial charge in [-0.2, -0.15) is 18.3 Å². The third-order valence-electron chi connectivity index (χ3n) is 1.03. The Labute approximate surface area is 55.4 Å². The first-order chi connectivity index (χ1) is 4.61. The third-order valence-corrected chi connectivity index (χ3v) is 1.03. The van der Waals surface area contributed by atoms with Gasteiger partial charge in [-0.15, -0.1) is 0 Å². The molecule has 0 unspecified atom stereocenters. The van der Waals surface area contributed by atoms with Gasteiger partial charge in [0.15, 0.2) is 0 Å². The summed E-state index contributed by atoms with van der Waals surface area (Å²) in [4.78, 5) is 0. The van der Waals surface area contributed by atoms with Crippen LogP contribution >= 0.6 is 0 Å². The smallest absolute Gasteiger partial charge is 0.286 e. The molecule has 1 aliphatic rings. The molecule has 1 N–H and O–H groups in total. The maximum Gasteiger partial charge on any atom is 0.431 e. The Hall–Kier alpha value is -1.00. The minimum atomic E-state index is -4.29. The summed E-state index contributed by atoms with van der Waals surface area (Å²) in [6, 6.07) is 0.